The van der Waals surface area contributed by atoms with E-state index in [1.165, 1.54) is 19.3 Å². The summed E-state index contributed by atoms with van der Waals surface area (Å²) in [6.45, 7) is 2.29. The van der Waals surface area contributed by atoms with E-state index >= 15 is 0 Å². The quantitative estimate of drug-likeness (QED) is 0.811. The summed E-state index contributed by atoms with van der Waals surface area (Å²) >= 11 is 0. The van der Waals surface area contributed by atoms with Gasteiger partial charge in [-0.1, -0.05) is 0 Å². The van der Waals surface area contributed by atoms with Crippen LogP contribution >= 0.6 is 24.8 Å². The standard InChI is InChI=1S/C9H15N3.2ClH/c1-3-9(4-7-10-5-1)12-8-2-6-11-12;;/h2,6,8-10H,1,3-5,7H2;2*1H. The first kappa shape index (κ1) is 13.8. The molecule has 1 aliphatic rings. The van der Waals surface area contributed by atoms with Gasteiger partial charge in [-0.05, 0) is 38.4 Å². The molecule has 2 heterocycles. The average Bonchev–Trinajstić information content (AvgIpc) is 2.48. The van der Waals surface area contributed by atoms with E-state index in [9.17, 15) is 0 Å². The van der Waals surface area contributed by atoms with Gasteiger partial charge in [-0.25, -0.2) is 0 Å². The van der Waals surface area contributed by atoms with Crippen molar-refractivity contribution in [1.82, 2.24) is 15.1 Å². The lowest BCUT2D eigenvalue weighted by atomic mass is 10.1. The Labute approximate surface area is 97.1 Å². The number of rotatable bonds is 1. The number of nitrogens with one attached hydrogen (secondary N) is 1. The second kappa shape index (κ2) is 7.10. The maximum absolute atomic E-state index is 4.27. The molecule has 1 fully saturated rings. The van der Waals surface area contributed by atoms with Crippen molar-refractivity contribution in [3.63, 3.8) is 0 Å². The largest absolute Gasteiger partial charge is 0.317 e. The molecule has 1 aromatic heterocycles. The first-order chi connectivity index (χ1) is 5.97. The number of hydrogen-bond donors (Lipinski definition) is 1. The van der Waals surface area contributed by atoms with Crippen molar-refractivity contribution in [2.75, 3.05) is 13.1 Å². The van der Waals surface area contributed by atoms with Crippen LogP contribution in [-0.4, -0.2) is 22.9 Å². The Balaban J connectivity index is 0.000000845. The molecule has 0 saturated carbocycles. The van der Waals surface area contributed by atoms with E-state index < -0.39 is 0 Å². The Kier molecular flexibility index (Phi) is 6.97. The molecule has 14 heavy (non-hydrogen) atoms. The van der Waals surface area contributed by atoms with E-state index in [0.717, 1.165) is 13.1 Å². The molecule has 1 unspecified atom stereocenters. The second-order valence-corrected chi connectivity index (χ2v) is 3.32. The third-order valence-corrected chi connectivity index (χ3v) is 2.44. The molecule has 2 rings (SSSR count). The first-order valence-electron chi connectivity index (χ1n) is 4.66. The first-order valence-corrected chi connectivity index (χ1v) is 4.66. The van der Waals surface area contributed by atoms with E-state index in [1.54, 1.807) is 0 Å². The summed E-state index contributed by atoms with van der Waals surface area (Å²) in [5, 5.41) is 7.67. The van der Waals surface area contributed by atoms with Crippen molar-refractivity contribution < 1.29 is 0 Å². The lowest BCUT2D eigenvalue weighted by Gasteiger charge is -2.13. The lowest BCUT2D eigenvalue weighted by molar-refractivity contribution is 0.414. The highest BCUT2D eigenvalue weighted by atomic mass is 35.5. The Hall–Kier alpha value is -0.250. The van der Waals surface area contributed by atoms with Gasteiger partial charge in [0.05, 0.1) is 6.04 Å². The zero-order valence-electron chi connectivity index (χ0n) is 8.06. The molecule has 0 aromatic carbocycles. The maximum atomic E-state index is 4.27. The Morgan fingerprint density at radius 3 is 2.79 bits per heavy atom. The van der Waals surface area contributed by atoms with Crippen LogP contribution in [0.2, 0.25) is 0 Å². The number of halogens is 2. The highest BCUT2D eigenvalue weighted by Crippen LogP contribution is 2.17. The molecule has 0 bridgehead atoms. The minimum atomic E-state index is 0. The van der Waals surface area contributed by atoms with Crippen LogP contribution in [0.3, 0.4) is 0 Å². The van der Waals surface area contributed by atoms with Gasteiger partial charge in [0.2, 0.25) is 0 Å². The van der Waals surface area contributed by atoms with E-state index in [4.69, 9.17) is 0 Å². The predicted molar refractivity (Wildman–Crippen MR) is 62.5 cm³/mol. The van der Waals surface area contributed by atoms with Gasteiger partial charge in [-0.15, -0.1) is 24.8 Å². The molecule has 1 saturated heterocycles. The third-order valence-electron chi connectivity index (χ3n) is 2.44. The van der Waals surface area contributed by atoms with Crippen molar-refractivity contribution >= 4 is 24.8 Å². The summed E-state index contributed by atoms with van der Waals surface area (Å²) in [5.41, 5.74) is 0. The van der Waals surface area contributed by atoms with Gasteiger partial charge in [-0.2, -0.15) is 5.10 Å². The summed E-state index contributed by atoms with van der Waals surface area (Å²) in [7, 11) is 0. The number of hydrogen-bond acceptors (Lipinski definition) is 2. The molecule has 5 heteroatoms. The lowest BCUT2D eigenvalue weighted by Crippen LogP contribution is -2.15. The van der Waals surface area contributed by atoms with Gasteiger partial charge in [0.1, 0.15) is 0 Å². The topological polar surface area (TPSA) is 29.9 Å². The summed E-state index contributed by atoms with van der Waals surface area (Å²) in [5.74, 6) is 0. The monoisotopic (exact) mass is 237 g/mol. The smallest absolute Gasteiger partial charge is 0.0531 e. The molecule has 3 nitrogen and oxygen atoms in total. The summed E-state index contributed by atoms with van der Waals surface area (Å²) in [4.78, 5) is 0. The second-order valence-electron chi connectivity index (χ2n) is 3.32. The van der Waals surface area contributed by atoms with Crippen molar-refractivity contribution in [2.45, 2.75) is 25.3 Å². The van der Waals surface area contributed by atoms with Crippen LogP contribution in [0.15, 0.2) is 18.5 Å². The SMILES string of the molecule is Cl.Cl.c1cnn(C2CCCNCC2)c1. The fourth-order valence-corrected chi connectivity index (χ4v) is 1.76. The van der Waals surface area contributed by atoms with Crippen molar-refractivity contribution in [3.8, 4) is 0 Å². The minimum absolute atomic E-state index is 0. The molecule has 82 valence electrons. The van der Waals surface area contributed by atoms with Gasteiger partial charge in [0.15, 0.2) is 0 Å². The summed E-state index contributed by atoms with van der Waals surface area (Å²) in [6, 6.07) is 2.62. The number of nitrogens with zero attached hydrogens (tertiary/aromatic N) is 2. The Bertz CT molecular complexity index is 218. The predicted octanol–water partition coefficient (Wildman–Crippen LogP) is 2.04. The van der Waals surface area contributed by atoms with Crippen LogP contribution in [-0.2, 0) is 0 Å². The minimum Gasteiger partial charge on any atom is -0.317 e. The van der Waals surface area contributed by atoms with Crippen LogP contribution in [0.25, 0.3) is 0 Å². The van der Waals surface area contributed by atoms with E-state index in [1.807, 2.05) is 12.3 Å². The van der Waals surface area contributed by atoms with Gasteiger partial charge < -0.3 is 5.32 Å². The molecule has 1 aromatic rings. The zero-order valence-corrected chi connectivity index (χ0v) is 9.69. The van der Waals surface area contributed by atoms with Gasteiger partial charge in [0.25, 0.3) is 0 Å². The molecule has 0 spiro atoms. The zero-order chi connectivity index (χ0) is 8.23. The highest BCUT2D eigenvalue weighted by Gasteiger charge is 2.12. The van der Waals surface area contributed by atoms with Crippen LogP contribution < -0.4 is 5.32 Å². The van der Waals surface area contributed by atoms with Gasteiger partial charge >= 0.3 is 0 Å². The molecule has 1 N–H and O–H groups in total. The third kappa shape index (κ3) is 3.48. The van der Waals surface area contributed by atoms with E-state index in [2.05, 4.69) is 21.3 Å². The van der Waals surface area contributed by atoms with Crippen LogP contribution in [0.4, 0.5) is 0 Å². The molecule has 1 atom stereocenters. The Morgan fingerprint density at radius 2 is 2.07 bits per heavy atom. The van der Waals surface area contributed by atoms with Crippen molar-refractivity contribution in [2.24, 2.45) is 0 Å². The summed E-state index contributed by atoms with van der Waals surface area (Å²) in [6.07, 6.45) is 7.66. The van der Waals surface area contributed by atoms with E-state index in [-0.39, 0.29) is 24.8 Å². The van der Waals surface area contributed by atoms with Gasteiger partial charge in [-0.3, -0.25) is 4.68 Å². The van der Waals surface area contributed by atoms with Crippen LogP contribution in [0, 0.1) is 0 Å². The molecule has 0 aliphatic carbocycles. The number of aromatic nitrogens is 2. The van der Waals surface area contributed by atoms with Crippen molar-refractivity contribution in [1.29, 1.82) is 0 Å². The molecular formula is C9H17Cl2N3. The fraction of sp³-hybridized carbons (Fsp3) is 0.667. The normalized spacial score (nSPS) is 21.6. The fourth-order valence-electron chi connectivity index (χ4n) is 1.76. The van der Waals surface area contributed by atoms with Crippen LogP contribution in [0.5, 0.6) is 0 Å². The highest BCUT2D eigenvalue weighted by molar-refractivity contribution is 5.85. The summed E-state index contributed by atoms with van der Waals surface area (Å²) < 4.78 is 2.09. The molecule has 0 amide bonds. The van der Waals surface area contributed by atoms with Crippen LogP contribution in [0.1, 0.15) is 25.3 Å². The van der Waals surface area contributed by atoms with Gasteiger partial charge in [0, 0.05) is 12.4 Å². The maximum Gasteiger partial charge on any atom is 0.0531 e. The average molecular weight is 238 g/mol. The molecular weight excluding hydrogens is 221 g/mol. The van der Waals surface area contributed by atoms with E-state index in [0.29, 0.717) is 6.04 Å². The van der Waals surface area contributed by atoms with Crippen molar-refractivity contribution in [3.05, 3.63) is 18.5 Å². The Morgan fingerprint density at radius 1 is 1.21 bits per heavy atom. The molecule has 1 aliphatic heterocycles. The molecule has 0 radical (unpaired) electrons.